The van der Waals surface area contributed by atoms with Crippen LogP contribution in [-0.2, 0) is 0 Å². The van der Waals surface area contributed by atoms with Crippen LogP contribution < -0.4 is 10.6 Å². The molecule has 126 valence electrons. The number of carbonyl (C=O) groups is 2. The summed E-state index contributed by atoms with van der Waals surface area (Å²) in [6.45, 7) is 1.46. The van der Waals surface area contributed by atoms with E-state index < -0.39 is 0 Å². The number of rotatable bonds is 9. The van der Waals surface area contributed by atoms with Crippen LogP contribution >= 0.6 is 0 Å². The van der Waals surface area contributed by atoms with Crippen LogP contribution in [0.25, 0.3) is 0 Å². The van der Waals surface area contributed by atoms with E-state index in [1.807, 2.05) is 60.7 Å². The van der Waals surface area contributed by atoms with Crippen molar-refractivity contribution in [2.75, 3.05) is 13.1 Å². The van der Waals surface area contributed by atoms with Crippen LogP contribution in [0.5, 0.6) is 0 Å². The van der Waals surface area contributed by atoms with Crippen LogP contribution in [0.3, 0.4) is 0 Å². The zero-order chi connectivity index (χ0) is 17.0. The molecule has 0 aliphatic heterocycles. The van der Waals surface area contributed by atoms with Gasteiger partial charge in [-0.1, -0.05) is 0 Å². The Morgan fingerprint density at radius 2 is 1.04 bits per heavy atom. The fourth-order valence-electron chi connectivity index (χ4n) is 1.91. The topological polar surface area (TPSA) is 58.2 Å². The summed E-state index contributed by atoms with van der Waals surface area (Å²) in [4.78, 5) is 23.7. The third-order valence-electron chi connectivity index (χ3n) is 3.10. The number of carbonyl (C=O) groups excluding carboxylic acids is 2. The van der Waals surface area contributed by atoms with Crippen LogP contribution in [0.2, 0.25) is 10.6 Å². The van der Waals surface area contributed by atoms with Gasteiger partial charge in [-0.2, -0.15) is 0 Å². The molecule has 2 amide bonds. The second-order valence-electron chi connectivity index (χ2n) is 4.89. The maximum atomic E-state index is 11.8. The van der Waals surface area contributed by atoms with Gasteiger partial charge in [0.15, 0.2) is 0 Å². The van der Waals surface area contributed by atoms with Gasteiger partial charge in [-0.3, -0.25) is 0 Å². The summed E-state index contributed by atoms with van der Waals surface area (Å²) in [5.41, 5.74) is 1.42. The third-order valence-corrected chi connectivity index (χ3v) is 10.5. The molecule has 2 rings (SSSR count). The van der Waals surface area contributed by atoms with Gasteiger partial charge in [0.1, 0.15) is 0 Å². The molecule has 0 fully saturated rings. The van der Waals surface area contributed by atoms with Gasteiger partial charge in [0.25, 0.3) is 0 Å². The molecular weight excluding hydrogens is 434 g/mol. The minimum atomic E-state index is -0.00553. The first-order chi connectivity index (χ1) is 11.8. The second kappa shape index (κ2) is 11.1. The molecule has 0 radical (unpaired) electrons. The monoisotopic (exact) mass is 456 g/mol. The summed E-state index contributed by atoms with van der Waals surface area (Å²) >= 11 is 1.10. The fourth-order valence-corrected chi connectivity index (χ4v) is 7.57. The zero-order valence-corrected chi connectivity index (χ0v) is 16.7. The Hall–Kier alpha value is -1.58. The average Bonchev–Trinajstić information content (AvgIpc) is 2.65. The molecule has 0 unspecified atom stereocenters. The van der Waals surface area contributed by atoms with E-state index in [0.29, 0.717) is 37.4 Å². The molecule has 0 heterocycles. The summed E-state index contributed by atoms with van der Waals surface area (Å²) in [6.07, 6.45) is 0. The van der Waals surface area contributed by atoms with Crippen molar-refractivity contribution in [2.24, 2.45) is 0 Å². The van der Waals surface area contributed by atoms with Gasteiger partial charge in [0, 0.05) is 0 Å². The van der Waals surface area contributed by atoms with E-state index in [0.717, 1.165) is 23.7 Å². The average molecular weight is 454 g/mol. The third kappa shape index (κ3) is 6.89. The molecule has 2 aromatic rings. The van der Waals surface area contributed by atoms with E-state index in [4.69, 9.17) is 0 Å². The predicted octanol–water partition coefficient (Wildman–Crippen LogP) is 2.01. The van der Waals surface area contributed by atoms with Crippen molar-refractivity contribution in [2.45, 2.75) is 10.6 Å². The van der Waals surface area contributed by atoms with Crippen molar-refractivity contribution >= 4 is 38.1 Å². The van der Waals surface area contributed by atoms with Gasteiger partial charge < -0.3 is 0 Å². The molecule has 0 aromatic heterocycles. The Morgan fingerprint density at radius 3 is 1.42 bits per heavy atom. The van der Waals surface area contributed by atoms with E-state index in [9.17, 15) is 9.59 Å². The standard InChI is InChI=1S/C18H20N2O2Se2/c21-17(15-7-3-1-4-8-15)19-11-13-23-24-14-12-20-18(22)16-9-5-2-6-10-16/h1-10H,11-14H2,(H,19,21)(H,20,22). The first-order valence-electron chi connectivity index (χ1n) is 7.68. The number of benzene rings is 2. The van der Waals surface area contributed by atoms with Gasteiger partial charge in [0.2, 0.25) is 0 Å². The van der Waals surface area contributed by atoms with Gasteiger partial charge in [-0.05, 0) is 0 Å². The predicted molar refractivity (Wildman–Crippen MR) is 98.7 cm³/mol. The Labute approximate surface area is 153 Å². The van der Waals surface area contributed by atoms with Gasteiger partial charge in [-0.25, -0.2) is 0 Å². The van der Waals surface area contributed by atoms with Crippen molar-refractivity contribution in [1.82, 2.24) is 10.6 Å². The molecule has 4 nitrogen and oxygen atoms in total. The van der Waals surface area contributed by atoms with E-state index in [2.05, 4.69) is 10.6 Å². The van der Waals surface area contributed by atoms with Crippen molar-refractivity contribution in [3.63, 3.8) is 0 Å². The van der Waals surface area contributed by atoms with Crippen molar-refractivity contribution in [3.05, 3.63) is 71.8 Å². The number of hydrogen-bond donors (Lipinski definition) is 2. The van der Waals surface area contributed by atoms with Crippen molar-refractivity contribution in [3.8, 4) is 0 Å². The van der Waals surface area contributed by atoms with Crippen LogP contribution in [0, 0.1) is 0 Å². The molecule has 0 aliphatic carbocycles. The zero-order valence-electron chi connectivity index (χ0n) is 13.2. The molecule has 6 heteroatoms. The number of nitrogens with one attached hydrogen (secondary N) is 2. The van der Waals surface area contributed by atoms with Crippen LogP contribution in [-0.4, -0.2) is 51.2 Å². The van der Waals surface area contributed by atoms with Gasteiger partial charge in [-0.15, -0.1) is 0 Å². The maximum absolute atomic E-state index is 11.8. The molecule has 0 aliphatic rings. The second-order valence-corrected chi connectivity index (χ2v) is 12.7. The summed E-state index contributed by atoms with van der Waals surface area (Å²) in [7, 11) is 0. The van der Waals surface area contributed by atoms with Crippen molar-refractivity contribution < 1.29 is 9.59 Å². The summed E-state index contributed by atoms with van der Waals surface area (Å²) in [5, 5.41) is 7.97. The number of hydrogen-bond acceptors (Lipinski definition) is 2. The summed E-state index contributed by atoms with van der Waals surface area (Å²) in [6, 6.07) is 18.5. The van der Waals surface area contributed by atoms with Crippen LogP contribution in [0.4, 0.5) is 0 Å². The van der Waals surface area contributed by atoms with E-state index in [-0.39, 0.29) is 11.8 Å². The molecule has 2 aromatic carbocycles. The first kappa shape index (κ1) is 18.8. The molecule has 0 saturated heterocycles. The first-order valence-corrected chi connectivity index (χ1v) is 14.4. The molecule has 0 bridgehead atoms. The van der Waals surface area contributed by atoms with E-state index in [1.54, 1.807) is 0 Å². The van der Waals surface area contributed by atoms with Crippen LogP contribution in [0.1, 0.15) is 20.7 Å². The quantitative estimate of drug-likeness (QED) is 0.450. The Balaban J connectivity index is 1.48. The fraction of sp³-hybridized carbons (Fsp3) is 0.222. The van der Waals surface area contributed by atoms with Crippen molar-refractivity contribution in [1.29, 1.82) is 0 Å². The molecule has 24 heavy (non-hydrogen) atoms. The number of amides is 2. The molecule has 0 saturated carbocycles. The molecule has 2 N–H and O–H groups in total. The Morgan fingerprint density at radius 1 is 0.667 bits per heavy atom. The summed E-state index contributed by atoms with van der Waals surface area (Å²) in [5.74, 6) is -0.0111. The van der Waals surface area contributed by atoms with Crippen LogP contribution in [0.15, 0.2) is 60.7 Å². The Bertz CT molecular complexity index is 578. The molecule has 0 spiro atoms. The minimum absolute atomic E-state index is 0.00553. The van der Waals surface area contributed by atoms with E-state index >= 15 is 0 Å². The SMILES string of the molecule is O=C(NCC[Se][Se]CCNC(=O)c1ccccc1)c1ccccc1. The van der Waals surface area contributed by atoms with Gasteiger partial charge in [0.05, 0.1) is 0 Å². The normalized spacial score (nSPS) is 10.2. The molecular formula is C18H20N2O2Se2. The molecule has 0 atom stereocenters. The summed E-state index contributed by atoms with van der Waals surface area (Å²) < 4.78 is 0. The Kier molecular flexibility index (Phi) is 8.64. The van der Waals surface area contributed by atoms with Gasteiger partial charge >= 0.3 is 154 Å². The van der Waals surface area contributed by atoms with E-state index in [1.165, 1.54) is 0 Å².